The molecular weight excluding hydrogens is 720 g/mol. The second-order valence-corrected chi connectivity index (χ2v) is 9.86. The minimum Gasteiger partial charge on any atom is -0.542 e. The Morgan fingerprint density at radius 2 is 0.444 bits per heavy atom. The van der Waals surface area contributed by atoms with Gasteiger partial charge in [0.1, 0.15) is 48.3 Å². The number of carbonyl (C=O) groups is 8. The van der Waals surface area contributed by atoms with E-state index in [-0.39, 0.29) is 33.2 Å². The van der Waals surface area contributed by atoms with Gasteiger partial charge in [-0.25, -0.2) is 0 Å². The van der Waals surface area contributed by atoms with E-state index in [1.54, 1.807) is 72.8 Å². The molecule has 0 heterocycles. The first kappa shape index (κ1) is 49.3. The molecule has 0 saturated heterocycles. The van der Waals surface area contributed by atoms with Crippen LogP contribution in [0.5, 0.6) is 0 Å². The summed E-state index contributed by atoms with van der Waals surface area (Å²) in [6.45, 7) is 0. The van der Waals surface area contributed by atoms with Gasteiger partial charge in [0, 0.05) is 0 Å². The maximum absolute atomic E-state index is 10.7. The Hall–Kier alpha value is -6.80. The second-order valence-electron chi connectivity index (χ2n) is 9.86. The van der Waals surface area contributed by atoms with Crippen LogP contribution < -0.4 is 20.4 Å². The van der Waals surface area contributed by atoms with E-state index in [0.717, 1.165) is 0 Å². The lowest BCUT2D eigenvalue weighted by molar-refractivity contribution is -0.301. The molecule has 18 nitrogen and oxygen atoms in total. The predicted octanol–water partition coefficient (Wildman–Crippen LogP) is -4.08. The zero-order chi connectivity index (χ0) is 39.4. The van der Waals surface area contributed by atoms with Gasteiger partial charge in [-0.3, -0.25) is 19.2 Å². The lowest BCUT2D eigenvalue weighted by Gasteiger charge is -2.09. The maximum Gasteiger partial charge on any atom is 2.00 e. The van der Waals surface area contributed by atoms with Gasteiger partial charge in [0.15, 0.2) is 0 Å². The van der Waals surface area contributed by atoms with E-state index in [4.69, 9.17) is 0 Å². The minimum absolute atomic E-state index is 0. The smallest absolute Gasteiger partial charge is 0.542 e. The zero-order valence-corrected chi connectivity index (χ0v) is 27.4. The van der Waals surface area contributed by atoms with Crippen LogP contribution in [0.25, 0.3) is 0 Å². The van der Waals surface area contributed by atoms with Gasteiger partial charge in [-0.05, 0) is 22.3 Å². The molecule has 4 N–H and O–H groups in total. The summed E-state index contributed by atoms with van der Waals surface area (Å²) in [6.07, 6.45) is -6.53. The third-order valence-electron chi connectivity index (χ3n) is 6.26. The lowest BCUT2D eigenvalue weighted by Crippen LogP contribution is -2.35. The number of aliphatic hydroxyl groups is 4. The number of ketones is 4. The van der Waals surface area contributed by atoms with E-state index < -0.39 is 71.4 Å². The van der Waals surface area contributed by atoms with Gasteiger partial charge < -0.3 is 60.0 Å². The first-order chi connectivity index (χ1) is 24.5. The standard InChI is InChI=1S/4C9H8O4.2O/c4*10-7(8(11)9(12)13)6-4-2-1-3-5-6;;/h4*1-5,7,10H,(H,12,13);;/q;;;;2*+2/p-4. The first-order valence-corrected chi connectivity index (χ1v) is 14.4. The molecule has 4 rings (SSSR count). The molecular formula is C36H28O18. The maximum atomic E-state index is 10.7. The Balaban J connectivity index is 0. The topological polar surface area (TPSA) is 367 Å². The molecule has 0 fully saturated rings. The Kier molecular flexibility index (Phi) is 23.0. The summed E-state index contributed by atoms with van der Waals surface area (Å²) in [5.41, 5.74) is 0.988. The van der Waals surface area contributed by atoms with E-state index in [2.05, 4.69) is 0 Å². The third-order valence-corrected chi connectivity index (χ3v) is 6.26. The summed E-state index contributed by atoms with van der Waals surface area (Å²) in [5.74, 6) is -12.8. The van der Waals surface area contributed by atoms with Crippen LogP contribution in [0.1, 0.15) is 46.7 Å². The van der Waals surface area contributed by atoms with Crippen molar-refractivity contribution in [3.05, 3.63) is 144 Å². The number of carboxylic acids is 4. The molecule has 18 heteroatoms. The monoisotopic (exact) mass is 748 g/mol. The molecule has 0 aromatic heterocycles. The molecule has 0 saturated carbocycles. The van der Waals surface area contributed by atoms with Crippen molar-refractivity contribution in [2.24, 2.45) is 0 Å². The van der Waals surface area contributed by atoms with Gasteiger partial charge in [-0.15, -0.1) is 0 Å². The number of rotatable bonds is 12. The molecule has 0 spiro atoms. The number of benzene rings is 4. The number of aliphatic hydroxyl groups excluding tert-OH is 4. The van der Waals surface area contributed by atoms with Crippen LogP contribution in [0.2, 0.25) is 0 Å². The number of hydrogen-bond donors (Lipinski definition) is 4. The van der Waals surface area contributed by atoms with Crippen molar-refractivity contribution in [2.75, 3.05) is 0 Å². The number of Topliss-reactive ketones (excluding diaryl/α,β-unsaturated/α-hetero) is 4. The van der Waals surface area contributed by atoms with Crippen molar-refractivity contribution in [2.45, 2.75) is 24.4 Å². The van der Waals surface area contributed by atoms with E-state index >= 15 is 0 Å². The highest BCUT2D eigenvalue weighted by molar-refractivity contribution is 6.34. The first-order valence-electron chi connectivity index (χ1n) is 14.4. The molecule has 8 radical (unpaired) electrons. The summed E-state index contributed by atoms with van der Waals surface area (Å²) < 4.78 is 0. The van der Waals surface area contributed by atoms with Crippen molar-refractivity contribution in [3.63, 3.8) is 0 Å². The molecule has 4 aromatic rings. The van der Waals surface area contributed by atoms with Crippen molar-refractivity contribution in [1.82, 2.24) is 0 Å². The quantitative estimate of drug-likeness (QED) is 0.100. The molecule has 0 bridgehead atoms. The third kappa shape index (κ3) is 16.5. The van der Waals surface area contributed by atoms with Crippen molar-refractivity contribution >= 4 is 47.0 Å². The van der Waals surface area contributed by atoms with Gasteiger partial charge >= 0.3 is 11.0 Å². The van der Waals surface area contributed by atoms with Crippen molar-refractivity contribution in [3.8, 4) is 0 Å². The predicted molar refractivity (Wildman–Crippen MR) is 167 cm³/mol. The highest BCUT2D eigenvalue weighted by Gasteiger charge is 2.19. The number of aliphatic carboxylic acids is 4. The van der Waals surface area contributed by atoms with Gasteiger partial charge in [-0.2, -0.15) is 0 Å². The molecule has 0 aliphatic carbocycles. The molecule has 0 amide bonds. The molecule has 0 aliphatic rings. The van der Waals surface area contributed by atoms with E-state index in [9.17, 15) is 79.2 Å². The van der Waals surface area contributed by atoms with Crippen LogP contribution in [0.4, 0.5) is 0 Å². The van der Waals surface area contributed by atoms with Crippen LogP contribution in [-0.4, -0.2) is 67.4 Å². The van der Waals surface area contributed by atoms with Crippen LogP contribution in [0.3, 0.4) is 0 Å². The molecule has 4 aromatic carbocycles. The summed E-state index contributed by atoms with van der Waals surface area (Å²) in [4.78, 5) is 83.3. The normalized spacial score (nSPS) is 11.6. The molecule has 4 atom stereocenters. The average molecular weight is 749 g/mol. The van der Waals surface area contributed by atoms with Gasteiger partial charge in [0.05, 0.1) is 0 Å². The average Bonchev–Trinajstić information content (AvgIpc) is 3.17. The molecule has 4 unspecified atom stereocenters. The van der Waals surface area contributed by atoms with E-state index in [1.807, 2.05) is 0 Å². The van der Waals surface area contributed by atoms with E-state index in [1.165, 1.54) is 48.5 Å². The van der Waals surface area contributed by atoms with Crippen LogP contribution in [-0.2, 0) is 49.3 Å². The summed E-state index contributed by atoms with van der Waals surface area (Å²) >= 11 is 0. The van der Waals surface area contributed by atoms with Crippen LogP contribution >= 0.6 is 0 Å². The summed E-state index contributed by atoms with van der Waals surface area (Å²) in [6, 6.07) is 31.3. The highest BCUT2D eigenvalue weighted by Crippen LogP contribution is 2.14. The van der Waals surface area contributed by atoms with Crippen molar-refractivity contribution < 1.29 is 90.2 Å². The fraction of sp³-hybridized carbons (Fsp3) is 0.111. The number of carboxylic acid groups (broad SMARTS) is 4. The Morgan fingerprint density at radius 1 is 0.315 bits per heavy atom. The largest absolute Gasteiger partial charge is 2.00 e. The van der Waals surface area contributed by atoms with Crippen molar-refractivity contribution in [1.29, 1.82) is 0 Å². The Morgan fingerprint density at radius 3 is 0.556 bits per heavy atom. The SMILES string of the molecule is O=C([O-])C(=O)C(O)c1ccccc1.O=C([O-])C(=O)C(O)c1ccccc1.O=C([O-])C(=O)C(O)c1ccccc1.O=C([O-])C(=O)C(O)c1ccccc1.[O+2].[O+2]. The minimum atomic E-state index is -1.88. The molecule has 280 valence electrons. The fourth-order valence-electron chi connectivity index (χ4n) is 3.59. The van der Waals surface area contributed by atoms with E-state index in [0.29, 0.717) is 0 Å². The van der Waals surface area contributed by atoms with Gasteiger partial charge in [-0.1, -0.05) is 121 Å². The molecule has 0 aliphatic heterocycles. The van der Waals surface area contributed by atoms with Crippen LogP contribution in [0.15, 0.2) is 121 Å². The Bertz CT molecular complexity index is 1540. The fourth-order valence-corrected chi connectivity index (χ4v) is 3.59. The van der Waals surface area contributed by atoms with Gasteiger partial charge in [0.2, 0.25) is 23.1 Å². The number of hydrogen-bond acceptors (Lipinski definition) is 16. The second kappa shape index (κ2) is 25.2. The van der Waals surface area contributed by atoms with Gasteiger partial charge in [0.25, 0.3) is 0 Å². The number of carbonyl (C=O) groups excluding carboxylic acids is 8. The molecule has 54 heavy (non-hydrogen) atoms. The Labute approximate surface area is 305 Å². The zero-order valence-electron chi connectivity index (χ0n) is 27.4. The summed E-state index contributed by atoms with van der Waals surface area (Å²) in [7, 11) is 0. The summed E-state index contributed by atoms with van der Waals surface area (Å²) in [5, 5.41) is 77.1. The highest BCUT2D eigenvalue weighted by atomic mass is 16.4. The lowest BCUT2D eigenvalue weighted by atomic mass is 10.1. The van der Waals surface area contributed by atoms with Crippen LogP contribution in [0, 0.1) is 0 Å².